The standard InChI is InChI=1S/C16H17BrN2O2/c1-10-7-13(8-11(2)15(10)17)21-12-5-6-18-14(9-12)16(20)19(3)4/h5-9H,1-4H3. The molecular weight excluding hydrogens is 332 g/mol. The van der Waals surface area contributed by atoms with Crippen LogP contribution in [0.1, 0.15) is 21.6 Å². The van der Waals surface area contributed by atoms with Gasteiger partial charge in [0.25, 0.3) is 5.91 Å². The van der Waals surface area contributed by atoms with Gasteiger partial charge in [0.1, 0.15) is 17.2 Å². The molecule has 0 atom stereocenters. The second-order valence-electron chi connectivity index (χ2n) is 5.05. The fraction of sp³-hybridized carbons (Fsp3) is 0.250. The van der Waals surface area contributed by atoms with E-state index in [0.717, 1.165) is 21.3 Å². The highest BCUT2D eigenvalue weighted by molar-refractivity contribution is 9.10. The maximum Gasteiger partial charge on any atom is 0.272 e. The molecule has 2 rings (SSSR count). The largest absolute Gasteiger partial charge is 0.457 e. The Labute approximate surface area is 132 Å². The molecule has 110 valence electrons. The van der Waals surface area contributed by atoms with Crippen LogP contribution in [-0.2, 0) is 0 Å². The molecule has 0 aliphatic carbocycles. The summed E-state index contributed by atoms with van der Waals surface area (Å²) in [5.41, 5.74) is 2.57. The number of halogens is 1. The molecule has 4 nitrogen and oxygen atoms in total. The Kier molecular flexibility index (Phi) is 4.63. The summed E-state index contributed by atoms with van der Waals surface area (Å²) >= 11 is 3.53. The van der Waals surface area contributed by atoms with Gasteiger partial charge in [0.2, 0.25) is 0 Å². The van der Waals surface area contributed by atoms with Crippen LogP contribution in [0.2, 0.25) is 0 Å². The van der Waals surface area contributed by atoms with E-state index in [-0.39, 0.29) is 5.91 Å². The van der Waals surface area contributed by atoms with Gasteiger partial charge in [-0.2, -0.15) is 0 Å². The Hall–Kier alpha value is -1.88. The van der Waals surface area contributed by atoms with Crippen LogP contribution in [-0.4, -0.2) is 29.9 Å². The van der Waals surface area contributed by atoms with Crippen molar-refractivity contribution in [3.05, 3.63) is 51.8 Å². The lowest BCUT2D eigenvalue weighted by molar-refractivity contribution is 0.0821. The summed E-state index contributed by atoms with van der Waals surface area (Å²) < 4.78 is 6.91. The van der Waals surface area contributed by atoms with Crippen molar-refractivity contribution in [2.45, 2.75) is 13.8 Å². The number of ether oxygens (including phenoxy) is 1. The number of aryl methyl sites for hydroxylation is 2. The Bertz CT molecular complexity index is 661. The van der Waals surface area contributed by atoms with Crippen LogP contribution in [0, 0.1) is 13.8 Å². The Morgan fingerprint density at radius 2 is 1.76 bits per heavy atom. The second kappa shape index (κ2) is 6.26. The molecule has 1 amide bonds. The van der Waals surface area contributed by atoms with E-state index >= 15 is 0 Å². The molecular formula is C16H17BrN2O2. The van der Waals surface area contributed by atoms with Crippen LogP contribution in [0.4, 0.5) is 0 Å². The maximum absolute atomic E-state index is 11.9. The lowest BCUT2D eigenvalue weighted by Gasteiger charge is -2.12. The smallest absolute Gasteiger partial charge is 0.272 e. The van der Waals surface area contributed by atoms with Gasteiger partial charge in [-0.15, -0.1) is 0 Å². The molecule has 1 heterocycles. The van der Waals surface area contributed by atoms with E-state index in [1.165, 1.54) is 4.90 Å². The zero-order chi connectivity index (χ0) is 15.6. The van der Waals surface area contributed by atoms with Gasteiger partial charge >= 0.3 is 0 Å². The van der Waals surface area contributed by atoms with Crippen molar-refractivity contribution in [2.24, 2.45) is 0 Å². The molecule has 1 aromatic heterocycles. The molecule has 0 bridgehead atoms. The third kappa shape index (κ3) is 3.61. The summed E-state index contributed by atoms with van der Waals surface area (Å²) in [7, 11) is 3.39. The minimum Gasteiger partial charge on any atom is -0.457 e. The number of nitrogens with zero attached hydrogens (tertiary/aromatic N) is 2. The summed E-state index contributed by atoms with van der Waals surface area (Å²) in [6, 6.07) is 7.28. The average Bonchev–Trinajstić information content (AvgIpc) is 2.44. The minimum atomic E-state index is -0.149. The monoisotopic (exact) mass is 348 g/mol. The molecule has 0 radical (unpaired) electrons. The van der Waals surface area contributed by atoms with E-state index < -0.39 is 0 Å². The van der Waals surface area contributed by atoms with Gasteiger partial charge in [-0.05, 0) is 43.2 Å². The molecule has 2 aromatic rings. The van der Waals surface area contributed by atoms with Gasteiger partial charge in [-0.25, -0.2) is 0 Å². The van der Waals surface area contributed by atoms with E-state index in [2.05, 4.69) is 20.9 Å². The van der Waals surface area contributed by atoms with Crippen LogP contribution in [0.5, 0.6) is 11.5 Å². The van der Waals surface area contributed by atoms with Crippen LogP contribution in [0.3, 0.4) is 0 Å². The van der Waals surface area contributed by atoms with Crippen molar-refractivity contribution in [3.8, 4) is 11.5 Å². The van der Waals surface area contributed by atoms with Gasteiger partial charge in [-0.3, -0.25) is 9.78 Å². The van der Waals surface area contributed by atoms with Crippen molar-refractivity contribution >= 4 is 21.8 Å². The number of amides is 1. The van der Waals surface area contributed by atoms with E-state index in [9.17, 15) is 4.79 Å². The van der Waals surface area contributed by atoms with Gasteiger partial charge in [-0.1, -0.05) is 15.9 Å². The maximum atomic E-state index is 11.9. The Balaban J connectivity index is 2.28. The summed E-state index contributed by atoms with van der Waals surface area (Å²) in [6.07, 6.45) is 1.57. The van der Waals surface area contributed by atoms with Gasteiger partial charge in [0.15, 0.2) is 0 Å². The van der Waals surface area contributed by atoms with E-state index in [4.69, 9.17) is 4.74 Å². The lowest BCUT2D eigenvalue weighted by Crippen LogP contribution is -2.22. The van der Waals surface area contributed by atoms with Crippen molar-refractivity contribution in [2.75, 3.05) is 14.1 Å². The van der Waals surface area contributed by atoms with Crippen LogP contribution < -0.4 is 4.74 Å². The van der Waals surface area contributed by atoms with E-state index in [0.29, 0.717) is 11.4 Å². The number of carbonyl (C=O) groups is 1. The molecule has 0 N–H and O–H groups in total. The number of aromatic nitrogens is 1. The average molecular weight is 349 g/mol. The zero-order valence-electron chi connectivity index (χ0n) is 12.5. The lowest BCUT2D eigenvalue weighted by atomic mass is 10.1. The number of hydrogen-bond acceptors (Lipinski definition) is 3. The predicted molar refractivity (Wildman–Crippen MR) is 85.9 cm³/mol. The number of hydrogen-bond donors (Lipinski definition) is 0. The minimum absolute atomic E-state index is 0.149. The fourth-order valence-corrected chi connectivity index (χ4v) is 2.15. The number of carbonyl (C=O) groups excluding carboxylic acids is 1. The topological polar surface area (TPSA) is 42.4 Å². The molecule has 21 heavy (non-hydrogen) atoms. The molecule has 5 heteroatoms. The molecule has 0 fully saturated rings. The highest BCUT2D eigenvalue weighted by Crippen LogP contribution is 2.29. The number of benzene rings is 1. The normalized spacial score (nSPS) is 10.3. The van der Waals surface area contributed by atoms with Crippen molar-refractivity contribution < 1.29 is 9.53 Å². The quantitative estimate of drug-likeness (QED) is 0.843. The van der Waals surface area contributed by atoms with Crippen LogP contribution in [0.25, 0.3) is 0 Å². The SMILES string of the molecule is Cc1cc(Oc2ccnc(C(=O)N(C)C)c2)cc(C)c1Br. The Morgan fingerprint density at radius 1 is 1.14 bits per heavy atom. The molecule has 0 unspecified atom stereocenters. The van der Waals surface area contributed by atoms with Gasteiger partial charge < -0.3 is 9.64 Å². The van der Waals surface area contributed by atoms with E-state index in [1.54, 1.807) is 32.4 Å². The molecule has 1 aromatic carbocycles. The van der Waals surface area contributed by atoms with Gasteiger partial charge in [0, 0.05) is 30.8 Å². The second-order valence-corrected chi connectivity index (χ2v) is 5.84. The zero-order valence-corrected chi connectivity index (χ0v) is 14.1. The first-order valence-electron chi connectivity index (χ1n) is 6.51. The van der Waals surface area contributed by atoms with Gasteiger partial charge in [0.05, 0.1) is 0 Å². The van der Waals surface area contributed by atoms with Crippen LogP contribution >= 0.6 is 15.9 Å². The number of rotatable bonds is 3. The first-order chi connectivity index (χ1) is 9.88. The Morgan fingerprint density at radius 3 is 2.33 bits per heavy atom. The molecule has 0 aliphatic heterocycles. The summed E-state index contributed by atoms with van der Waals surface area (Å²) in [6.45, 7) is 4.02. The summed E-state index contributed by atoms with van der Waals surface area (Å²) in [5, 5.41) is 0. The summed E-state index contributed by atoms with van der Waals surface area (Å²) in [4.78, 5) is 17.5. The van der Waals surface area contributed by atoms with E-state index in [1.807, 2.05) is 26.0 Å². The van der Waals surface area contributed by atoms with Crippen molar-refractivity contribution in [1.29, 1.82) is 0 Å². The third-order valence-corrected chi connectivity index (χ3v) is 4.25. The molecule has 0 saturated carbocycles. The predicted octanol–water partition coefficient (Wildman–Crippen LogP) is 3.96. The molecule has 0 spiro atoms. The number of pyridine rings is 1. The van der Waals surface area contributed by atoms with Crippen molar-refractivity contribution in [3.63, 3.8) is 0 Å². The summed E-state index contributed by atoms with van der Waals surface area (Å²) in [5.74, 6) is 1.18. The first kappa shape index (κ1) is 15.5. The fourth-order valence-electron chi connectivity index (χ4n) is 1.92. The van der Waals surface area contributed by atoms with Crippen LogP contribution in [0.15, 0.2) is 34.9 Å². The molecule has 0 saturated heterocycles. The highest BCUT2D eigenvalue weighted by atomic mass is 79.9. The molecule has 0 aliphatic rings. The highest BCUT2D eigenvalue weighted by Gasteiger charge is 2.11. The first-order valence-corrected chi connectivity index (χ1v) is 7.30. The van der Waals surface area contributed by atoms with Crippen molar-refractivity contribution in [1.82, 2.24) is 9.88 Å². The third-order valence-electron chi connectivity index (χ3n) is 3.00.